The first kappa shape index (κ1) is 27.4. The van der Waals surface area contributed by atoms with E-state index in [1.807, 2.05) is 38.1 Å². The Hall–Kier alpha value is -3.14. The fraction of sp³-hybridized carbons (Fsp3) is 0.321. The van der Waals surface area contributed by atoms with Gasteiger partial charge in [0, 0.05) is 44.4 Å². The zero-order valence-corrected chi connectivity index (χ0v) is 22.9. The summed E-state index contributed by atoms with van der Waals surface area (Å²) < 4.78 is 42.7. The Morgan fingerprint density at radius 1 is 0.949 bits per heavy atom. The number of benzene rings is 2. The average molecular weight is 576 g/mol. The molecule has 11 heteroatoms. The molecule has 4 aromatic rings. The van der Waals surface area contributed by atoms with Gasteiger partial charge in [-0.25, -0.2) is 9.50 Å². The van der Waals surface area contributed by atoms with Gasteiger partial charge in [0.2, 0.25) is 0 Å². The van der Waals surface area contributed by atoms with Crippen molar-refractivity contribution in [3.8, 4) is 11.3 Å². The van der Waals surface area contributed by atoms with Crippen LogP contribution in [0.15, 0.2) is 54.6 Å². The lowest BCUT2D eigenvalue weighted by atomic mass is 10.0. The van der Waals surface area contributed by atoms with Crippen molar-refractivity contribution in [3.05, 3.63) is 87.2 Å². The first-order chi connectivity index (χ1) is 18.5. The molecule has 0 radical (unpaired) electrons. The lowest BCUT2D eigenvalue weighted by molar-refractivity contribution is -0.142. The van der Waals surface area contributed by atoms with Gasteiger partial charge in [-0.1, -0.05) is 67.4 Å². The first-order valence-electron chi connectivity index (χ1n) is 12.5. The smallest absolute Gasteiger partial charge is 0.335 e. The molecule has 1 saturated heterocycles. The van der Waals surface area contributed by atoms with Crippen LogP contribution < -0.4 is 0 Å². The summed E-state index contributed by atoms with van der Waals surface area (Å²) in [5, 5.41) is 5.01. The van der Waals surface area contributed by atoms with Gasteiger partial charge in [-0.2, -0.15) is 18.3 Å². The average Bonchev–Trinajstić information content (AvgIpc) is 3.34. The zero-order chi connectivity index (χ0) is 27.9. The Kier molecular flexibility index (Phi) is 7.59. The molecule has 0 aliphatic carbocycles. The molecule has 0 atom stereocenters. The minimum atomic E-state index is -4.68. The van der Waals surface area contributed by atoms with E-state index in [-0.39, 0.29) is 17.0 Å². The molecule has 0 spiro atoms. The van der Waals surface area contributed by atoms with Crippen LogP contribution in [0.3, 0.4) is 0 Å². The van der Waals surface area contributed by atoms with Gasteiger partial charge in [0.05, 0.1) is 15.7 Å². The van der Waals surface area contributed by atoms with E-state index < -0.39 is 17.8 Å². The maximum atomic E-state index is 14.0. The van der Waals surface area contributed by atoms with Crippen LogP contribution in [-0.2, 0) is 12.7 Å². The van der Waals surface area contributed by atoms with E-state index in [0.29, 0.717) is 58.8 Å². The van der Waals surface area contributed by atoms with E-state index in [0.717, 1.165) is 17.2 Å². The summed E-state index contributed by atoms with van der Waals surface area (Å²) in [7, 11) is 0. The van der Waals surface area contributed by atoms with Gasteiger partial charge in [0.25, 0.3) is 5.91 Å². The maximum Gasteiger partial charge on any atom is 0.433 e. The predicted octanol–water partition coefficient (Wildman–Crippen LogP) is 6.80. The molecule has 204 valence electrons. The van der Waals surface area contributed by atoms with Crippen LogP contribution >= 0.6 is 23.2 Å². The number of piperazine rings is 1. The van der Waals surface area contributed by atoms with E-state index in [1.165, 1.54) is 6.07 Å². The van der Waals surface area contributed by atoms with E-state index in [1.54, 1.807) is 23.1 Å². The zero-order valence-electron chi connectivity index (χ0n) is 21.3. The molecule has 0 saturated carbocycles. The molecule has 2 aromatic heterocycles. The Morgan fingerprint density at radius 3 is 2.26 bits per heavy atom. The number of rotatable bonds is 5. The Morgan fingerprint density at radius 2 is 1.64 bits per heavy atom. The molecule has 0 N–H and O–H groups in total. The molecule has 0 bridgehead atoms. The number of aromatic nitrogens is 3. The summed E-state index contributed by atoms with van der Waals surface area (Å²) in [6, 6.07) is 15.0. The van der Waals surface area contributed by atoms with Gasteiger partial charge in [-0.05, 0) is 35.2 Å². The third-order valence-corrected chi connectivity index (χ3v) is 7.60. The van der Waals surface area contributed by atoms with Crippen molar-refractivity contribution < 1.29 is 18.0 Å². The molecule has 3 heterocycles. The van der Waals surface area contributed by atoms with Crippen LogP contribution in [0.4, 0.5) is 13.2 Å². The van der Waals surface area contributed by atoms with Crippen LogP contribution in [0.2, 0.25) is 10.0 Å². The summed E-state index contributed by atoms with van der Waals surface area (Å²) >= 11 is 12.1. The van der Waals surface area contributed by atoms with Crippen LogP contribution in [0.25, 0.3) is 16.9 Å². The number of fused-ring (bicyclic) bond motifs is 1. The highest BCUT2D eigenvalue weighted by molar-refractivity contribution is 6.42. The molecule has 39 heavy (non-hydrogen) atoms. The Bertz CT molecular complexity index is 1510. The van der Waals surface area contributed by atoms with Gasteiger partial charge < -0.3 is 4.90 Å². The second-order valence-corrected chi connectivity index (χ2v) is 10.7. The second kappa shape index (κ2) is 10.8. The number of hydrogen-bond acceptors (Lipinski definition) is 4. The Balaban J connectivity index is 1.36. The highest BCUT2D eigenvalue weighted by atomic mass is 35.5. The van der Waals surface area contributed by atoms with Crippen molar-refractivity contribution in [3.63, 3.8) is 0 Å². The molecular weight excluding hydrogens is 550 g/mol. The van der Waals surface area contributed by atoms with Crippen LogP contribution in [0, 0.1) is 0 Å². The lowest BCUT2D eigenvalue weighted by Gasteiger charge is -2.34. The molecule has 0 unspecified atom stereocenters. The Labute approximate surface area is 233 Å². The topological polar surface area (TPSA) is 53.7 Å². The van der Waals surface area contributed by atoms with Crippen molar-refractivity contribution >= 4 is 34.8 Å². The van der Waals surface area contributed by atoms with Crippen molar-refractivity contribution in [2.24, 2.45) is 0 Å². The summed E-state index contributed by atoms with van der Waals surface area (Å²) in [4.78, 5) is 21.4. The van der Waals surface area contributed by atoms with E-state index in [4.69, 9.17) is 23.2 Å². The first-order valence-corrected chi connectivity index (χ1v) is 13.3. The normalized spacial score (nSPS) is 14.9. The number of halogens is 5. The number of carbonyl (C=O) groups excluding carboxylic acids is 1. The van der Waals surface area contributed by atoms with Gasteiger partial charge in [0.15, 0.2) is 17.0 Å². The minimum absolute atomic E-state index is 0.0330. The summed E-state index contributed by atoms with van der Waals surface area (Å²) in [6.45, 7) is 6.77. The monoisotopic (exact) mass is 575 g/mol. The maximum absolute atomic E-state index is 14.0. The van der Waals surface area contributed by atoms with Crippen LogP contribution in [0.1, 0.15) is 47.1 Å². The molecule has 1 amide bonds. The number of nitrogens with zero attached hydrogens (tertiary/aromatic N) is 5. The molecule has 1 aliphatic heterocycles. The minimum Gasteiger partial charge on any atom is -0.335 e. The van der Waals surface area contributed by atoms with Crippen molar-refractivity contribution in [1.82, 2.24) is 24.4 Å². The number of amides is 1. The quantitative estimate of drug-likeness (QED) is 0.262. The number of alkyl halides is 3. The fourth-order valence-corrected chi connectivity index (χ4v) is 4.96. The van der Waals surface area contributed by atoms with Gasteiger partial charge in [-0.3, -0.25) is 9.69 Å². The second-order valence-electron chi connectivity index (χ2n) is 9.92. The van der Waals surface area contributed by atoms with Gasteiger partial charge in [-0.15, -0.1) is 0 Å². The SMILES string of the molecule is CC(C)c1ccc(-c2cc(C(F)(F)F)n3nc(C(=O)N4CCN(Cc5ccc(Cl)c(Cl)c5)CC4)cc3n2)cc1. The lowest BCUT2D eigenvalue weighted by Crippen LogP contribution is -2.48. The van der Waals surface area contributed by atoms with Crippen molar-refractivity contribution in [1.29, 1.82) is 0 Å². The number of hydrogen-bond donors (Lipinski definition) is 0. The summed E-state index contributed by atoms with van der Waals surface area (Å²) in [6.07, 6.45) is -4.68. The van der Waals surface area contributed by atoms with Gasteiger partial charge in [0.1, 0.15) is 0 Å². The largest absolute Gasteiger partial charge is 0.433 e. The highest BCUT2D eigenvalue weighted by Crippen LogP contribution is 2.33. The fourth-order valence-electron chi connectivity index (χ4n) is 4.63. The molecule has 6 nitrogen and oxygen atoms in total. The van der Waals surface area contributed by atoms with E-state index in [2.05, 4.69) is 15.0 Å². The predicted molar refractivity (Wildman–Crippen MR) is 145 cm³/mol. The highest BCUT2D eigenvalue weighted by Gasteiger charge is 2.36. The summed E-state index contributed by atoms with van der Waals surface area (Å²) in [5.41, 5.74) is 1.71. The third-order valence-electron chi connectivity index (χ3n) is 6.86. The van der Waals surface area contributed by atoms with Crippen molar-refractivity contribution in [2.45, 2.75) is 32.5 Å². The van der Waals surface area contributed by atoms with Crippen LogP contribution in [-0.4, -0.2) is 56.5 Å². The molecule has 1 fully saturated rings. The van der Waals surface area contributed by atoms with Crippen LogP contribution in [0.5, 0.6) is 0 Å². The molecular formula is C28H26Cl2F3N5O. The van der Waals surface area contributed by atoms with E-state index in [9.17, 15) is 18.0 Å². The third kappa shape index (κ3) is 5.90. The molecule has 5 rings (SSSR count). The molecule has 2 aromatic carbocycles. The summed E-state index contributed by atoms with van der Waals surface area (Å²) in [5.74, 6) is -0.132. The number of carbonyl (C=O) groups is 1. The van der Waals surface area contributed by atoms with Gasteiger partial charge >= 0.3 is 6.18 Å². The molecule has 1 aliphatic rings. The standard InChI is InChI=1S/C28H26Cl2F3N5O/c1-17(2)19-4-6-20(7-5-19)23-14-25(28(31,32)33)38-26(34-23)15-24(35-38)27(39)37-11-9-36(10-12-37)16-18-3-8-21(29)22(30)13-18/h3-8,13-15,17H,9-12,16H2,1-2H3. The van der Waals surface area contributed by atoms with E-state index >= 15 is 0 Å². The van der Waals surface area contributed by atoms with Crippen molar-refractivity contribution in [2.75, 3.05) is 26.2 Å².